The molecule has 16 heavy (non-hydrogen) atoms. The lowest BCUT2D eigenvalue weighted by atomic mass is 9.91. The Morgan fingerprint density at radius 3 is 2.50 bits per heavy atom. The molecule has 1 aromatic rings. The largest absolute Gasteiger partial charge is 0.380 e. The van der Waals surface area contributed by atoms with Crippen LogP contribution in [0.2, 0.25) is 0 Å². The molecule has 0 atom stereocenters. The maximum absolute atomic E-state index is 12.3. The molecule has 3 nitrogen and oxygen atoms in total. The Balaban J connectivity index is 1.93. The maximum atomic E-state index is 12.3. The molecule has 0 bridgehead atoms. The number of benzene rings is 1. The van der Waals surface area contributed by atoms with Gasteiger partial charge in [0.05, 0.1) is 0 Å². The van der Waals surface area contributed by atoms with Crippen molar-refractivity contribution in [3.63, 3.8) is 0 Å². The van der Waals surface area contributed by atoms with Gasteiger partial charge in [0.1, 0.15) is 0 Å². The number of hydrogen-bond acceptors (Lipinski definition) is 3. The molecule has 3 rings (SSSR count). The van der Waals surface area contributed by atoms with Crippen LogP contribution in [0.5, 0.6) is 0 Å². The Morgan fingerprint density at radius 1 is 1.12 bits per heavy atom. The smallest absolute Gasteiger partial charge is 0.231 e. The zero-order chi connectivity index (χ0) is 11.0. The van der Waals surface area contributed by atoms with Crippen LogP contribution in [0.3, 0.4) is 0 Å². The number of ketones is 1. The summed E-state index contributed by atoms with van der Waals surface area (Å²) in [5, 5.41) is 3.99. The molecule has 0 amide bonds. The summed E-state index contributed by atoms with van der Waals surface area (Å²) in [5.41, 5.74) is 0.726. The van der Waals surface area contributed by atoms with Crippen LogP contribution in [-0.2, 0) is 9.63 Å². The Hall–Kier alpha value is -1.64. The van der Waals surface area contributed by atoms with Gasteiger partial charge >= 0.3 is 0 Å². The van der Waals surface area contributed by atoms with Gasteiger partial charge in [-0.3, -0.25) is 4.79 Å². The first kappa shape index (κ1) is 9.58. The van der Waals surface area contributed by atoms with E-state index in [1.807, 2.05) is 30.3 Å². The van der Waals surface area contributed by atoms with Crippen molar-refractivity contribution in [3.05, 3.63) is 35.9 Å². The minimum atomic E-state index is -0.620. The lowest BCUT2D eigenvalue weighted by Crippen LogP contribution is -2.36. The fourth-order valence-electron chi connectivity index (χ4n) is 2.48. The monoisotopic (exact) mass is 215 g/mol. The Bertz CT molecular complexity index is 444. The van der Waals surface area contributed by atoms with Crippen LogP contribution in [0, 0.1) is 0 Å². The maximum Gasteiger partial charge on any atom is 0.231 e. The summed E-state index contributed by atoms with van der Waals surface area (Å²) in [6.07, 6.45) is 3.74. The van der Waals surface area contributed by atoms with Gasteiger partial charge in [-0.05, 0) is 25.7 Å². The predicted octanol–water partition coefficient (Wildman–Crippen LogP) is 2.30. The van der Waals surface area contributed by atoms with E-state index in [-0.39, 0.29) is 5.78 Å². The first-order valence-corrected chi connectivity index (χ1v) is 5.68. The van der Waals surface area contributed by atoms with Crippen molar-refractivity contribution in [1.29, 1.82) is 0 Å². The summed E-state index contributed by atoms with van der Waals surface area (Å²) in [6.45, 7) is 0. The van der Waals surface area contributed by atoms with Gasteiger partial charge in [-0.15, -0.1) is 0 Å². The molecule has 0 unspecified atom stereocenters. The minimum Gasteiger partial charge on any atom is -0.380 e. The molecule has 1 saturated carbocycles. The molecule has 1 aliphatic heterocycles. The second-order valence-corrected chi connectivity index (χ2v) is 4.43. The average Bonchev–Trinajstić information content (AvgIpc) is 2.91. The average molecular weight is 215 g/mol. The quantitative estimate of drug-likeness (QED) is 0.721. The van der Waals surface area contributed by atoms with E-state index in [0.717, 1.165) is 31.2 Å². The van der Waals surface area contributed by atoms with Crippen LogP contribution in [0.1, 0.15) is 31.2 Å². The lowest BCUT2D eigenvalue weighted by molar-refractivity contribution is -0.131. The van der Waals surface area contributed by atoms with Crippen molar-refractivity contribution in [1.82, 2.24) is 0 Å². The molecule has 3 heteroatoms. The predicted molar refractivity (Wildman–Crippen MR) is 60.3 cm³/mol. The number of Topliss-reactive ketones (excluding diaryl/α,β-unsaturated/α-hetero) is 1. The highest BCUT2D eigenvalue weighted by atomic mass is 16.7. The van der Waals surface area contributed by atoms with Gasteiger partial charge in [-0.25, -0.2) is 0 Å². The summed E-state index contributed by atoms with van der Waals surface area (Å²) in [7, 11) is 0. The van der Waals surface area contributed by atoms with E-state index in [9.17, 15) is 4.79 Å². The fourth-order valence-corrected chi connectivity index (χ4v) is 2.48. The first-order valence-electron chi connectivity index (χ1n) is 5.68. The summed E-state index contributed by atoms with van der Waals surface area (Å²) in [5.74, 6) is 0.0659. The highest BCUT2D eigenvalue weighted by molar-refractivity contribution is 6.49. The molecule has 2 aliphatic rings. The zero-order valence-corrected chi connectivity index (χ0v) is 8.98. The highest BCUT2D eigenvalue weighted by Crippen LogP contribution is 2.38. The molecule has 1 aliphatic carbocycles. The molecule has 0 saturated heterocycles. The van der Waals surface area contributed by atoms with E-state index in [2.05, 4.69) is 5.16 Å². The van der Waals surface area contributed by atoms with Gasteiger partial charge in [0.2, 0.25) is 11.4 Å². The van der Waals surface area contributed by atoms with Gasteiger partial charge in [0, 0.05) is 5.56 Å². The summed E-state index contributed by atoms with van der Waals surface area (Å²) >= 11 is 0. The van der Waals surface area contributed by atoms with E-state index < -0.39 is 5.60 Å². The van der Waals surface area contributed by atoms with Crippen molar-refractivity contribution < 1.29 is 9.63 Å². The number of hydrogen-bond donors (Lipinski definition) is 0. The number of rotatable bonds is 1. The van der Waals surface area contributed by atoms with Crippen LogP contribution in [0.4, 0.5) is 0 Å². The third-order valence-corrected chi connectivity index (χ3v) is 3.40. The molecule has 1 aromatic carbocycles. The standard InChI is InChI=1S/C13H13NO2/c15-12-11(10-6-2-1-3-7-10)14-16-13(12)8-4-5-9-13/h1-3,6-7H,4-5,8-9H2. The van der Waals surface area contributed by atoms with Gasteiger partial charge < -0.3 is 4.84 Å². The van der Waals surface area contributed by atoms with Crippen LogP contribution in [0.15, 0.2) is 35.5 Å². The normalized spacial score (nSPS) is 22.2. The van der Waals surface area contributed by atoms with E-state index in [4.69, 9.17) is 4.84 Å². The third kappa shape index (κ3) is 1.28. The third-order valence-electron chi connectivity index (χ3n) is 3.40. The van der Waals surface area contributed by atoms with E-state index in [0.29, 0.717) is 5.71 Å². The fraction of sp³-hybridized carbons (Fsp3) is 0.385. The zero-order valence-electron chi connectivity index (χ0n) is 8.98. The topological polar surface area (TPSA) is 38.7 Å². The van der Waals surface area contributed by atoms with Crippen molar-refractivity contribution in [2.75, 3.05) is 0 Å². The van der Waals surface area contributed by atoms with Crippen molar-refractivity contribution in [2.24, 2.45) is 5.16 Å². The van der Waals surface area contributed by atoms with Crippen LogP contribution >= 0.6 is 0 Å². The lowest BCUT2D eigenvalue weighted by Gasteiger charge is -2.17. The molecule has 0 radical (unpaired) electrons. The Kier molecular flexibility index (Phi) is 2.06. The second kappa shape index (κ2) is 3.44. The summed E-state index contributed by atoms with van der Waals surface area (Å²) in [6, 6.07) is 9.54. The molecule has 1 heterocycles. The van der Waals surface area contributed by atoms with E-state index in [1.54, 1.807) is 0 Å². The van der Waals surface area contributed by atoms with Crippen molar-refractivity contribution in [2.45, 2.75) is 31.3 Å². The van der Waals surface area contributed by atoms with Crippen LogP contribution in [-0.4, -0.2) is 17.1 Å². The van der Waals surface area contributed by atoms with E-state index >= 15 is 0 Å². The second-order valence-electron chi connectivity index (χ2n) is 4.43. The molecule has 1 fully saturated rings. The number of carbonyl (C=O) groups excluding carboxylic acids is 1. The van der Waals surface area contributed by atoms with Crippen molar-refractivity contribution >= 4 is 11.5 Å². The minimum absolute atomic E-state index is 0.0659. The van der Waals surface area contributed by atoms with Crippen LogP contribution < -0.4 is 0 Å². The summed E-state index contributed by atoms with van der Waals surface area (Å²) in [4.78, 5) is 17.7. The summed E-state index contributed by atoms with van der Waals surface area (Å²) < 4.78 is 0. The SMILES string of the molecule is O=C1C(c2ccccc2)=NOC12CCCC2. The van der Waals surface area contributed by atoms with Gasteiger partial charge in [-0.1, -0.05) is 35.5 Å². The van der Waals surface area contributed by atoms with Crippen molar-refractivity contribution in [3.8, 4) is 0 Å². The number of nitrogens with zero attached hydrogens (tertiary/aromatic N) is 1. The Labute approximate surface area is 94.1 Å². The molecular weight excluding hydrogens is 202 g/mol. The van der Waals surface area contributed by atoms with Crippen LogP contribution in [0.25, 0.3) is 0 Å². The highest BCUT2D eigenvalue weighted by Gasteiger charge is 2.50. The molecular formula is C13H13NO2. The number of carbonyl (C=O) groups is 1. The molecule has 0 aromatic heterocycles. The van der Waals surface area contributed by atoms with E-state index in [1.165, 1.54) is 0 Å². The first-order chi connectivity index (χ1) is 7.82. The van der Waals surface area contributed by atoms with Gasteiger partial charge in [-0.2, -0.15) is 0 Å². The molecule has 1 spiro atoms. The number of oxime groups is 1. The van der Waals surface area contributed by atoms with Gasteiger partial charge in [0.25, 0.3) is 0 Å². The molecule has 0 N–H and O–H groups in total. The van der Waals surface area contributed by atoms with Gasteiger partial charge in [0.15, 0.2) is 5.71 Å². The molecule has 82 valence electrons. The Morgan fingerprint density at radius 2 is 1.81 bits per heavy atom.